The molecular formula is C10H13NO. The van der Waals surface area contributed by atoms with Gasteiger partial charge in [-0.2, -0.15) is 0 Å². The third kappa shape index (κ3) is 1.92. The molecule has 0 aromatic carbocycles. The summed E-state index contributed by atoms with van der Waals surface area (Å²) in [6.07, 6.45) is 3.42. The van der Waals surface area contributed by atoms with Crippen LogP contribution < -0.4 is 0 Å². The first-order valence-electron chi connectivity index (χ1n) is 3.85. The largest absolute Gasteiger partial charge is 0.384 e. The minimum Gasteiger partial charge on any atom is -0.384 e. The van der Waals surface area contributed by atoms with Crippen molar-refractivity contribution in [3.63, 3.8) is 0 Å². The van der Waals surface area contributed by atoms with E-state index in [0.717, 1.165) is 5.56 Å². The Morgan fingerprint density at radius 2 is 2.17 bits per heavy atom. The summed E-state index contributed by atoms with van der Waals surface area (Å²) in [7, 11) is 0. The van der Waals surface area contributed by atoms with Crippen LogP contribution in [-0.4, -0.2) is 10.1 Å². The molecule has 0 spiro atoms. The van der Waals surface area contributed by atoms with Gasteiger partial charge in [0.15, 0.2) is 0 Å². The van der Waals surface area contributed by atoms with Crippen molar-refractivity contribution in [1.82, 2.24) is 4.98 Å². The van der Waals surface area contributed by atoms with Gasteiger partial charge in [-0.15, -0.1) is 0 Å². The van der Waals surface area contributed by atoms with Crippen LogP contribution in [0.3, 0.4) is 0 Å². The molecule has 1 heterocycles. The summed E-state index contributed by atoms with van der Waals surface area (Å²) >= 11 is 0. The molecule has 0 saturated heterocycles. The van der Waals surface area contributed by atoms with Crippen LogP contribution in [0.5, 0.6) is 0 Å². The van der Waals surface area contributed by atoms with Crippen molar-refractivity contribution >= 4 is 6.08 Å². The highest BCUT2D eigenvalue weighted by Gasteiger charge is 2.16. The van der Waals surface area contributed by atoms with Crippen molar-refractivity contribution in [3.05, 3.63) is 36.2 Å². The van der Waals surface area contributed by atoms with Crippen LogP contribution in [0.4, 0.5) is 0 Å². The van der Waals surface area contributed by atoms with Crippen LogP contribution >= 0.6 is 0 Å². The Morgan fingerprint density at radius 3 is 2.50 bits per heavy atom. The maximum absolute atomic E-state index is 9.56. The molecule has 2 heteroatoms. The lowest BCUT2D eigenvalue weighted by molar-refractivity contribution is 0.0738. The highest BCUT2D eigenvalue weighted by molar-refractivity contribution is 5.45. The SMILES string of the molecule is C=Cc1ccc(C(C)(C)O)nc1. The summed E-state index contributed by atoms with van der Waals surface area (Å²) in [4.78, 5) is 4.10. The number of aliphatic hydroxyl groups is 1. The van der Waals surface area contributed by atoms with E-state index in [4.69, 9.17) is 0 Å². The highest BCUT2D eigenvalue weighted by Crippen LogP contribution is 2.16. The fourth-order valence-corrected chi connectivity index (χ4v) is 0.888. The summed E-state index contributed by atoms with van der Waals surface area (Å²) in [5.41, 5.74) is 0.774. The minimum absolute atomic E-state index is 0.674. The Kier molecular flexibility index (Phi) is 2.29. The van der Waals surface area contributed by atoms with E-state index < -0.39 is 5.60 Å². The van der Waals surface area contributed by atoms with E-state index in [2.05, 4.69) is 11.6 Å². The zero-order valence-electron chi connectivity index (χ0n) is 7.41. The van der Waals surface area contributed by atoms with Crippen molar-refractivity contribution in [2.24, 2.45) is 0 Å². The lowest BCUT2D eigenvalue weighted by Crippen LogP contribution is -2.17. The lowest BCUT2D eigenvalue weighted by atomic mass is 10.0. The van der Waals surface area contributed by atoms with Crippen LogP contribution in [0.25, 0.3) is 6.08 Å². The second-order valence-corrected chi connectivity index (χ2v) is 3.24. The first kappa shape index (κ1) is 8.94. The Balaban J connectivity index is 3.00. The van der Waals surface area contributed by atoms with Gasteiger partial charge in [0.25, 0.3) is 0 Å². The average molecular weight is 163 g/mol. The molecule has 0 atom stereocenters. The normalized spacial score (nSPS) is 11.2. The van der Waals surface area contributed by atoms with Crippen molar-refractivity contribution < 1.29 is 5.11 Å². The van der Waals surface area contributed by atoms with Crippen molar-refractivity contribution in [1.29, 1.82) is 0 Å². The van der Waals surface area contributed by atoms with E-state index in [-0.39, 0.29) is 0 Å². The standard InChI is InChI=1S/C10H13NO/c1-4-8-5-6-9(11-7-8)10(2,3)12/h4-7,12H,1H2,2-3H3. The molecule has 0 bridgehead atoms. The smallest absolute Gasteiger partial charge is 0.101 e. The van der Waals surface area contributed by atoms with Gasteiger partial charge >= 0.3 is 0 Å². The van der Waals surface area contributed by atoms with Gasteiger partial charge in [0.1, 0.15) is 5.60 Å². The molecule has 0 unspecified atom stereocenters. The molecule has 1 aromatic heterocycles. The highest BCUT2D eigenvalue weighted by atomic mass is 16.3. The van der Waals surface area contributed by atoms with Crippen LogP contribution in [0.2, 0.25) is 0 Å². The van der Waals surface area contributed by atoms with Crippen LogP contribution in [0, 0.1) is 0 Å². The molecule has 64 valence electrons. The van der Waals surface area contributed by atoms with E-state index in [1.165, 1.54) is 0 Å². The molecule has 2 nitrogen and oxygen atoms in total. The maximum atomic E-state index is 9.56. The predicted octanol–water partition coefficient (Wildman–Crippen LogP) is 1.95. The van der Waals surface area contributed by atoms with Gasteiger partial charge in [-0.1, -0.05) is 18.7 Å². The maximum Gasteiger partial charge on any atom is 0.101 e. The van der Waals surface area contributed by atoms with Gasteiger partial charge in [-0.05, 0) is 25.5 Å². The molecule has 1 aromatic rings. The third-order valence-corrected chi connectivity index (χ3v) is 1.65. The van der Waals surface area contributed by atoms with Gasteiger partial charge in [0.05, 0.1) is 5.69 Å². The Labute approximate surface area is 72.6 Å². The summed E-state index contributed by atoms with van der Waals surface area (Å²) in [5, 5.41) is 9.56. The summed E-state index contributed by atoms with van der Waals surface area (Å²) in [6, 6.07) is 3.68. The second-order valence-electron chi connectivity index (χ2n) is 3.24. The molecule has 12 heavy (non-hydrogen) atoms. The molecule has 0 aliphatic carbocycles. The van der Waals surface area contributed by atoms with Gasteiger partial charge in [0, 0.05) is 6.20 Å². The van der Waals surface area contributed by atoms with Gasteiger partial charge in [-0.3, -0.25) is 4.98 Å². The van der Waals surface area contributed by atoms with Crippen LogP contribution in [-0.2, 0) is 5.60 Å². The number of pyridine rings is 1. The molecule has 0 amide bonds. The van der Waals surface area contributed by atoms with E-state index in [1.54, 1.807) is 32.2 Å². The Bertz CT molecular complexity index is 269. The predicted molar refractivity (Wildman–Crippen MR) is 49.6 cm³/mol. The quantitative estimate of drug-likeness (QED) is 0.722. The third-order valence-electron chi connectivity index (χ3n) is 1.65. The monoisotopic (exact) mass is 163 g/mol. The molecule has 0 radical (unpaired) electrons. The molecule has 0 fully saturated rings. The summed E-state index contributed by atoms with van der Waals surface area (Å²) in [6.45, 7) is 7.04. The van der Waals surface area contributed by atoms with Crippen LogP contribution in [0.15, 0.2) is 24.9 Å². The molecule has 1 rings (SSSR count). The minimum atomic E-state index is -0.861. The number of aromatic nitrogens is 1. The fourth-order valence-electron chi connectivity index (χ4n) is 0.888. The number of hydrogen-bond acceptors (Lipinski definition) is 2. The van der Waals surface area contributed by atoms with Gasteiger partial charge < -0.3 is 5.11 Å². The zero-order valence-corrected chi connectivity index (χ0v) is 7.41. The van der Waals surface area contributed by atoms with E-state index >= 15 is 0 Å². The van der Waals surface area contributed by atoms with E-state index in [9.17, 15) is 5.11 Å². The molecule has 0 saturated carbocycles. The van der Waals surface area contributed by atoms with Crippen molar-refractivity contribution in [3.8, 4) is 0 Å². The van der Waals surface area contributed by atoms with Crippen molar-refractivity contribution in [2.45, 2.75) is 19.4 Å². The van der Waals surface area contributed by atoms with E-state index in [1.807, 2.05) is 6.07 Å². The zero-order chi connectivity index (χ0) is 9.19. The second kappa shape index (κ2) is 3.07. The molecular weight excluding hydrogens is 150 g/mol. The topological polar surface area (TPSA) is 33.1 Å². The van der Waals surface area contributed by atoms with Gasteiger partial charge in [-0.25, -0.2) is 0 Å². The number of hydrogen-bond donors (Lipinski definition) is 1. The molecule has 1 N–H and O–H groups in total. The van der Waals surface area contributed by atoms with Crippen molar-refractivity contribution in [2.75, 3.05) is 0 Å². The van der Waals surface area contributed by atoms with Crippen LogP contribution in [0.1, 0.15) is 25.1 Å². The Hall–Kier alpha value is -1.15. The Morgan fingerprint density at radius 1 is 1.50 bits per heavy atom. The summed E-state index contributed by atoms with van der Waals surface area (Å²) in [5.74, 6) is 0. The van der Waals surface area contributed by atoms with E-state index in [0.29, 0.717) is 5.69 Å². The first-order chi connectivity index (χ1) is 5.54. The summed E-state index contributed by atoms with van der Waals surface area (Å²) < 4.78 is 0. The molecule has 0 aliphatic rings. The van der Waals surface area contributed by atoms with Gasteiger partial charge in [0.2, 0.25) is 0 Å². The number of nitrogens with zero attached hydrogens (tertiary/aromatic N) is 1. The number of rotatable bonds is 2. The average Bonchev–Trinajstić information content (AvgIpc) is 2.03. The first-order valence-corrected chi connectivity index (χ1v) is 3.85. The lowest BCUT2D eigenvalue weighted by Gasteiger charge is -2.15. The fraction of sp³-hybridized carbons (Fsp3) is 0.300. The molecule has 0 aliphatic heterocycles.